The lowest BCUT2D eigenvalue weighted by atomic mass is 10.1. The molecule has 2 aromatic rings. The lowest BCUT2D eigenvalue weighted by Crippen LogP contribution is -2.61. The number of anilines is 1. The smallest absolute Gasteiger partial charge is 0.324 e. The summed E-state index contributed by atoms with van der Waals surface area (Å²) in [4.78, 5) is 35.2. The molecule has 8 heteroatoms. The van der Waals surface area contributed by atoms with Crippen LogP contribution >= 0.6 is 11.6 Å². The molecule has 4 rings (SSSR count). The van der Waals surface area contributed by atoms with E-state index in [-0.39, 0.29) is 24.5 Å². The molecule has 0 atom stereocenters. The van der Waals surface area contributed by atoms with Crippen LogP contribution in [0.2, 0.25) is 5.02 Å². The number of benzene rings is 1. The van der Waals surface area contributed by atoms with Gasteiger partial charge in [-0.3, -0.25) is 9.69 Å². The van der Waals surface area contributed by atoms with E-state index in [0.717, 1.165) is 16.7 Å². The summed E-state index contributed by atoms with van der Waals surface area (Å²) in [6.07, 6.45) is 1.51. The van der Waals surface area contributed by atoms with E-state index >= 15 is 0 Å². The van der Waals surface area contributed by atoms with E-state index in [1.54, 1.807) is 6.07 Å². The van der Waals surface area contributed by atoms with Gasteiger partial charge in [0.05, 0.1) is 18.1 Å². The van der Waals surface area contributed by atoms with Crippen molar-refractivity contribution in [3.8, 4) is 0 Å². The molecule has 3 amide bonds. The first-order chi connectivity index (χ1) is 10.6. The number of carbonyl (C=O) groups excluding carboxylic acids is 2. The van der Waals surface area contributed by atoms with Crippen molar-refractivity contribution in [1.29, 1.82) is 0 Å². The molecule has 112 valence electrons. The molecule has 2 aliphatic rings. The third-order valence-electron chi connectivity index (χ3n) is 3.98. The summed E-state index contributed by atoms with van der Waals surface area (Å²) in [5.41, 5.74) is 0.813. The van der Waals surface area contributed by atoms with Crippen molar-refractivity contribution in [1.82, 2.24) is 20.2 Å². The Labute approximate surface area is 130 Å². The van der Waals surface area contributed by atoms with Crippen LogP contribution in [0.25, 0.3) is 10.9 Å². The summed E-state index contributed by atoms with van der Waals surface area (Å²) >= 11 is 6.05. The third kappa shape index (κ3) is 1.97. The average Bonchev–Trinajstić information content (AvgIpc) is 2.78. The van der Waals surface area contributed by atoms with Crippen molar-refractivity contribution < 1.29 is 9.59 Å². The van der Waals surface area contributed by atoms with E-state index in [4.69, 9.17) is 11.6 Å². The van der Waals surface area contributed by atoms with Crippen LogP contribution in [0.4, 0.5) is 10.6 Å². The first kappa shape index (κ1) is 13.3. The van der Waals surface area contributed by atoms with Crippen molar-refractivity contribution in [3.05, 3.63) is 29.5 Å². The number of amides is 3. The number of hydrogen-bond donors (Lipinski definition) is 1. The lowest BCUT2D eigenvalue weighted by molar-refractivity contribution is -0.126. The van der Waals surface area contributed by atoms with E-state index < -0.39 is 0 Å². The second kappa shape index (κ2) is 4.81. The molecule has 0 saturated carbocycles. The summed E-state index contributed by atoms with van der Waals surface area (Å²) in [6, 6.07) is 5.03. The van der Waals surface area contributed by atoms with Crippen LogP contribution in [0, 0.1) is 0 Å². The maximum atomic E-state index is 11.7. The van der Waals surface area contributed by atoms with Gasteiger partial charge in [0.1, 0.15) is 12.1 Å². The molecule has 1 N–H and O–H groups in total. The predicted octanol–water partition coefficient (Wildman–Crippen LogP) is 1.02. The van der Waals surface area contributed by atoms with Crippen LogP contribution in [0.1, 0.15) is 0 Å². The summed E-state index contributed by atoms with van der Waals surface area (Å²) < 4.78 is 0. The first-order valence-electron chi connectivity index (χ1n) is 6.88. The zero-order valence-electron chi connectivity index (χ0n) is 11.5. The zero-order valence-corrected chi connectivity index (χ0v) is 12.2. The van der Waals surface area contributed by atoms with Gasteiger partial charge in [-0.2, -0.15) is 0 Å². The number of imide groups is 1. The van der Waals surface area contributed by atoms with Crippen molar-refractivity contribution in [3.63, 3.8) is 0 Å². The number of hydrogen-bond acceptors (Lipinski definition) is 5. The van der Waals surface area contributed by atoms with E-state index in [9.17, 15) is 9.59 Å². The minimum absolute atomic E-state index is 0.0847. The molecule has 0 spiro atoms. The van der Waals surface area contributed by atoms with Crippen molar-refractivity contribution >= 4 is 40.3 Å². The van der Waals surface area contributed by atoms with Gasteiger partial charge >= 0.3 is 6.03 Å². The van der Waals surface area contributed by atoms with Crippen LogP contribution < -0.4 is 10.2 Å². The highest BCUT2D eigenvalue weighted by Crippen LogP contribution is 2.30. The quantitative estimate of drug-likeness (QED) is 0.837. The average molecular weight is 318 g/mol. The molecule has 2 saturated heterocycles. The summed E-state index contributed by atoms with van der Waals surface area (Å²) in [7, 11) is 0. The SMILES string of the molecule is O=C1CNC(=O)N1C1CN(c2ncnc3ccc(Cl)cc23)C1. The van der Waals surface area contributed by atoms with Gasteiger partial charge in [-0.25, -0.2) is 14.8 Å². The van der Waals surface area contributed by atoms with Gasteiger partial charge < -0.3 is 10.2 Å². The maximum absolute atomic E-state index is 11.7. The van der Waals surface area contributed by atoms with Crippen LogP contribution in [0.15, 0.2) is 24.5 Å². The minimum atomic E-state index is -0.315. The fraction of sp³-hybridized carbons (Fsp3) is 0.286. The number of aromatic nitrogens is 2. The van der Waals surface area contributed by atoms with Crippen molar-refractivity contribution in [2.45, 2.75) is 6.04 Å². The zero-order chi connectivity index (χ0) is 15.3. The molecule has 0 aliphatic carbocycles. The topological polar surface area (TPSA) is 78.4 Å². The van der Waals surface area contributed by atoms with Crippen molar-refractivity contribution in [2.24, 2.45) is 0 Å². The largest absolute Gasteiger partial charge is 0.352 e. The molecule has 0 radical (unpaired) electrons. The monoisotopic (exact) mass is 317 g/mol. The molecule has 1 aromatic carbocycles. The predicted molar refractivity (Wildman–Crippen MR) is 80.8 cm³/mol. The Hall–Kier alpha value is -2.41. The molecule has 0 bridgehead atoms. The van der Waals surface area contributed by atoms with E-state index in [1.807, 2.05) is 17.0 Å². The molecule has 7 nitrogen and oxygen atoms in total. The number of halogens is 1. The molecule has 1 aromatic heterocycles. The Bertz CT molecular complexity index is 774. The van der Waals surface area contributed by atoms with Crippen LogP contribution in [-0.4, -0.2) is 52.5 Å². The van der Waals surface area contributed by atoms with Gasteiger partial charge in [0.15, 0.2) is 0 Å². The lowest BCUT2D eigenvalue weighted by Gasteiger charge is -2.43. The molecule has 3 heterocycles. The Morgan fingerprint density at radius 3 is 2.77 bits per heavy atom. The Morgan fingerprint density at radius 1 is 1.23 bits per heavy atom. The Morgan fingerprint density at radius 2 is 2.05 bits per heavy atom. The van der Waals surface area contributed by atoms with E-state index in [0.29, 0.717) is 18.1 Å². The third-order valence-corrected chi connectivity index (χ3v) is 4.22. The molecule has 2 aliphatic heterocycles. The van der Waals surface area contributed by atoms with Gasteiger partial charge in [0.2, 0.25) is 5.91 Å². The summed E-state index contributed by atoms with van der Waals surface area (Å²) in [5.74, 6) is 0.598. The number of urea groups is 1. The van der Waals surface area contributed by atoms with Crippen LogP contribution in [0.5, 0.6) is 0 Å². The second-order valence-electron chi connectivity index (χ2n) is 5.34. The molecular formula is C14H12ClN5O2. The highest BCUT2D eigenvalue weighted by Gasteiger charge is 2.42. The molecule has 0 unspecified atom stereocenters. The van der Waals surface area contributed by atoms with Gasteiger partial charge in [-0.05, 0) is 18.2 Å². The molecule has 22 heavy (non-hydrogen) atoms. The van der Waals surface area contributed by atoms with Gasteiger partial charge in [-0.15, -0.1) is 0 Å². The minimum Gasteiger partial charge on any atom is -0.352 e. The highest BCUT2D eigenvalue weighted by atomic mass is 35.5. The maximum Gasteiger partial charge on any atom is 0.324 e. The highest BCUT2D eigenvalue weighted by molar-refractivity contribution is 6.31. The normalized spacial score (nSPS) is 18.8. The van der Waals surface area contributed by atoms with Gasteiger partial charge in [0, 0.05) is 23.5 Å². The fourth-order valence-electron chi connectivity index (χ4n) is 2.86. The van der Waals surface area contributed by atoms with Gasteiger partial charge in [-0.1, -0.05) is 11.6 Å². The van der Waals surface area contributed by atoms with Crippen LogP contribution in [0.3, 0.4) is 0 Å². The molecule has 2 fully saturated rings. The first-order valence-corrected chi connectivity index (χ1v) is 7.26. The van der Waals surface area contributed by atoms with E-state index in [2.05, 4.69) is 15.3 Å². The van der Waals surface area contributed by atoms with Crippen molar-refractivity contribution in [2.75, 3.05) is 24.5 Å². The Kier molecular flexibility index (Phi) is 2.90. The Balaban J connectivity index is 1.59. The second-order valence-corrected chi connectivity index (χ2v) is 5.78. The molecular weight excluding hydrogens is 306 g/mol. The number of nitrogens with zero attached hydrogens (tertiary/aromatic N) is 4. The number of carbonyl (C=O) groups is 2. The summed E-state index contributed by atoms with van der Waals surface area (Å²) in [5, 5.41) is 4.02. The standard InChI is InChI=1S/C14H12ClN5O2/c15-8-1-2-11-10(3-8)13(18-7-17-11)19-5-9(6-19)20-12(21)4-16-14(20)22/h1-3,7,9H,4-6H2,(H,16,22). The van der Waals surface area contributed by atoms with E-state index in [1.165, 1.54) is 11.2 Å². The summed E-state index contributed by atoms with van der Waals surface area (Å²) in [6.45, 7) is 1.22. The van der Waals surface area contributed by atoms with Gasteiger partial charge in [0.25, 0.3) is 0 Å². The number of rotatable bonds is 2. The fourth-order valence-corrected chi connectivity index (χ4v) is 3.04. The number of fused-ring (bicyclic) bond motifs is 1. The van der Waals surface area contributed by atoms with Crippen LogP contribution in [-0.2, 0) is 4.79 Å². The number of nitrogens with one attached hydrogen (secondary N) is 1.